The van der Waals surface area contributed by atoms with Gasteiger partial charge in [-0.05, 0) is 18.4 Å². The Kier molecular flexibility index (Phi) is 4.39. The van der Waals surface area contributed by atoms with E-state index in [2.05, 4.69) is 46.0 Å². The van der Waals surface area contributed by atoms with Crippen LogP contribution < -0.4 is 5.32 Å². The van der Waals surface area contributed by atoms with Crippen LogP contribution in [0.15, 0.2) is 24.7 Å². The molecule has 0 radical (unpaired) electrons. The summed E-state index contributed by atoms with van der Waals surface area (Å²) in [4.78, 5) is 17.2. The van der Waals surface area contributed by atoms with Crippen molar-refractivity contribution in [3.8, 4) is 11.5 Å². The van der Waals surface area contributed by atoms with Crippen LogP contribution in [0.1, 0.15) is 38.8 Å². The molecule has 0 fully saturated rings. The zero-order valence-electron chi connectivity index (χ0n) is 11.6. The minimum Gasteiger partial charge on any atom is -0.370 e. The number of hydrogen-bond acceptors (Lipinski definition) is 5. The van der Waals surface area contributed by atoms with E-state index in [9.17, 15) is 0 Å². The highest BCUT2D eigenvalue weighted by Gasteiger charge is 2.10. The highest BCUT2D eigenvalue weighted by molar-refractivity contribution is 5.52. The van der Waals surface area contributed by atoms with Crippen molar-refractivity contribution in [2.24, 2.45) is 0 Å². The molecule has 0 amide bonds. The second-order valence-corrected chi connectivity index (χ2v) is 4.68. The van der Waals surface area contributed by atoms with Crippen LogP contribution in [0.5, 0.6) is 0 Å². The second kappa shape index (κ2) is 6.22. The van der Waals surface area contributed by atoms with Crippen molar-refractivity contribution in [3.05, 3.63) is 30.4 Å². The minimum atomic E-state index is 0.353. The van der Waals surface area contributed by atoms with Gasteiger partial charge in [0.25, 0.3) is 0 Å². The average molecular weight is 257 g/mol. The maximum atomic E-state index is 4.57. The summed E-state index contributed by atoms with van der Waals surface area (Å²) in [7, 11) is 0. The van der Waals surface area contributed by atoms with Crippen LogP contribution >= 0.6 is 0 Å². The van der Waals surface area contributed by atoms with E-state index in [0.29, 0.717) is 11.7 Å². The van der Waals surface area contributed by atoms with Gasteiger partial charge in [-0.2, -0.15) is 0 Å². The predicted octanol–water partition coefficient (Wildman–Crippen LogP) is 2.88. The van der Waals surface area contributed by atoms with E-state index in [-0.39, 0.29) is 0 Å². The van der Waals surface area contributed by atoms with E-state index < -0.39 is 0 Å². The molecule has 0 saturated heterocycles. The van der Waals surface area contributed by atoms with Crippen LogP contribution in [-0.2, 0) is 0 Å². The lowest BCUT2D eigenvalue weighted by molar-refractivity contribution is 0.814. The van der Waals surface area contributed by atoms with Crippen LogP contribution in [0.2, 0.25) is 0 Å². The van der Waals surface area contributed by atoms with Crippen molar-refractivity contribution in [2.45, 2.75) is 33.1 Å². The van der Waals surface area contributed by atoms with Gasteiger partial charge >= 0.3 is 0 Å². The third kappa shape index (κ3) is 3.47. The van der Waals surface area contributed by atoms with E-state index in [1.54, 1.807) is 6.20 Å². The number of aromatic nitrogens is 4. The van der Waals surface area contributed by atoms with Gasteiger partial charge in [0.15, 0.2) is 5.82 Å². The summed E-state index contributed by atoms with van der Waals surface area (Å²) in [5, 5.41) is 3.31. The highest BCUT2D eigenvalue weighted by Crippen LogP contribution is 2.20. The first-order chi connectivity index (χ1) is 9.20. The summed E-state index contributed by atoms with van der Waals surface area (Å²) in [6.45, 7) is 7.27. The Balaban J connectivity index is 2.39. The molecule has 0 aliphatic rings. The van der Waals surface area contributed by atoms with Crippen molar-refractivity contribution in [1.82, 2.24) is 19.9 Å². The average Bonchev–Trinajstić information content (AvgIpc) is 2.45. The molecular weight excluding hydrogens is 238 g/mol. The van der Waals surface area contributed by atoms with E-state index in [1.165, 1.54) is 6.33 Å². The molecule has 2 aromatic rings. The van der Waals surface area contributed by atoms with Gasteiger partial charge in [0, 0.05) is 24.5 Å². The van der Waals surface area contributed by atoms with Gasteiger partial charge in [-0.15, -0.1) is 0 Å². The number of rotatable bonds is 5. The number of anilines is 1. The Hall–Kier alpha value is -2.04. The first kappa shape index (κ1) is 13.4. The van der Waals surface area contributed by atoms with Gasteiger partial charge in [-0.1, -0.05) is 20.8 Å². The smallest absolute Gasteiger partial charge is 0.180 e. The van der Waals surface area contributed by atoms with Crippen molar-refractivity contribution in [1.29, 1.82) is 0 Å². The maximum absolute atomic E-state index is 4.57. The zero-order chi connectivity index (χ0) is 13.7. The normalized spacial score (nSPS) is 10.7. The Labute approximate surface area is 113 Å². The summed E-state index contributed by atoms with van der Waals surface area (Å²) in [6.07, 6.45) is 4.27. The fourth-order valence-electron chi connectivity index (χ4n) is 1.64. The summed E-state index contributed by atoms with van der Waals surface area (Å²) in [6, 6.07) is 3.83. The van der Waals surface area contributed by atoms with Crippen LogP contribution in [0.25, 0.3) is 11.5 Å². The summed E-state index contributed by atoms with van der Waals surface area (Å²) in [5.41, 5.74) is 1.76. The van der Waals surface area contributed by atoms with Gasteiger partial charge in [0.1, 0.15) is 17.8 Å². The highest BCUT2D eigenvalue weighted by atomic mass is 15.0. The standard InChI is InChI=1S/C14H19N5/c1-4-6-16-13-8-12(10(2)3)18-14(19-13)11-5-7-15-9-17-11/h5,7-10H,4,6H2,1-3H3,(H,16,18,19). The summed E-state index contributed by atoms with van der Waals surface area (Å²) >= 11 is 0. The van der Waals surface area contributed by atoms with Crippen LogP contribution in [0.3, 0.4) is 0 Å². The first-order valence-corrected chi connectivity index (χ1v) is 6.60. The lowest BCUT2D eigenvalue weighted by Gasteiger charge is -2.11. The van der Waals surface area contributed by atoms with Crippen molar-refractivity contribution < 1.29 is 0 Å². The molecule has 0 bridgehead atoms. The van der Waals surface area contributed by atoms with Crippen LogP contribution in [0, 0.1) is 0 Å². The molecule has 5 nitrogen and oxygen atoms in total. The fourth-order valence-corrected chi connectivity index (χ4v) is 1.64. The molecule has 2 aromatic heterocycles. The molecule has 0 spiro atoms. The molecule has 0 atom stereocenters. The Bertz CT molecular complexity index is 525. The Morgan fingerprint density at radius 1 is 1.26 bits per heavy atom. The Morgan fingerprint density at radius 3 is 2.74 bits per heavy atom. The number of nitrogens with zero attached hydrogens (tertiary/aromatic N) is 4. The van der Waals surface area contributed by atoms with Gasteiger partial charge < -0.3 is 5.32 Å². The first-order valence-electron chi connectivity index (χ1n) is 6.60. The molecular formula is C14H19N5. The van der Waals surface area contributed by atoms with Gasteiger partial charge in [0.05, 0.1) is 0 Å². The predicted molar refractivity (Wildman–Crippen MR) is 75.9 cm³/mol. The van der Waals surface area contributed by atoms with E-state index in [0.717, 1.165) is 30.2 Å². The third-order valence-corrected chi connectivity index (χ3v) is 2.70. The number of nitrogens with one attached hydrogen (secondary N) is 1. The number of hydrogen-bond donors (Lipinski definition) is 1. The van der Waals surface area contributed by atoms with Gasteiger partial charge in [-0.25, -0.2) is 19.9 Å². The van der Waals surface area contributed by atoms with Crippen molar-refractivity contribution >= 4 is 5.82 Å². The molecule has 19 heavy (non-hydrogen) atoms. The van der Waals surface area contributed by atoms with Crippen LogP contribution in [0.4, 0.5) is 5.82 Å². The van der Waals surface area contributed by atoms with Crippen molar-refractivity contribution in [3.63, 3.8) is 0 Å². The molecule has 0 unspecified atom stereocenters. The minimum absolute atomic E-state index is 0.353. The van der Waals surface area contributed by atoms with E-state index in [4.69, 9.17) is 0 Å². The zero-order valence-corrected chi connectivity index (χ0v) is 11.6. The lowest BCUT2D eigenvalue weighted by Crippen LogP contribution is -2.06. The van der Waals surface area contributed by atoms with Gasteiger partial charge in [-0.3, -0.25) is 0 Å². The monoisotopic (exact) mass is 257 g/mol. The molecule has 0 aromatic carbocycles. The summed E-state index contributed by atoms with van der Waals surface area (Å²) < 4.78 is 0. The van der Waals surface area contributed by atoms with Crippen LogP contribution in [-0.4, -0.2) is 26.5 Å². The largest absolute Gasteiger partial charge is 0.370 e. The molecule has 2 rings (SSSR count). The third-order valence-electron chi connectivity index (χ3n) is 2.70. The molecule has 100 valence electrons. The quantitative estimate of drug-likeness (QED) is 0.892. The fraction of sp³-hybridized carbons (Fsp3) is 0.429. The molecule has 5 heteroatoms. The van der Waals surface area contributed by atoms with E-state index in [1.807, 2.05) is 12.1 Å². The van der Waals surface area contributed by atoms with E-state index >= 15 is 0 Å². The molecule has 2 heterocycles. The molecule has 0 aliphatic carbocycles. The SMILES string of the molecule is CCCNc1cc(C(C)C)nc(-c2ccncn2)n1. The lowest BCUT2D eigenvalue weighted by atomic mass is 10.1. The molecule has 0 saturated carbocycles. The summed E-state index contributed by atoms with van der Waals surface area (Å²) in [5.74, 6) is 1.85. The van der Waals surface area contributed by atoms with Crippen molar-refractivity contribution in [2.75, 3.05) is 11.9 Å². The van der Waals surface area contributed by atoms with Gasteiger partial charge in [0.2, 0.25) is 0 Å². The molecule has 1 N–H and O–H groups in total. The maximum Gasteiger partial charge on any atom is 0.180 e. The Morgan fingerprint density at radius 2 is 2.11 bits per heavy atom. The second-order valence-electron chi connectivity index (χ2n) is 4.68. The molecule has 0 aliphatic heterocycles. The topological polar surface area (TPSA) is 63.6 Å².